The number of hydrogen-bond donors (Lipinski definition) is 0. The van der Waals surface area contributed by atoms with Crippen molar-refractivity contribution in [2.45, 2.75) is 12.8 Å². The fourth-order valence-corrected chi connectivity index (χ4v) is 0.696. The average molecular weight is 122 g/mol. The Bertz CT molecular complexity index is 179. The van der Waals surface area contributed by atoms with Gasteiger partial charge in [0.2, 0.25) is 0 Å². The van der Waals surface area contributed by atoms with Crippen molar-refractivity contribution >= 4 is 11.5 Å². The minimum Gasteiger partial charge on any atom is -0.292 e. The van der Waals surface area contributed by atoms with Gasteiger partial charge >= 0.3 is 0 Å². The first-order valence-corrected chi connectivity index (χ1v) is 2.88. The molecule has 0 aromatic heterocycles. The summed E-state index contributed by atoms with van der Waals surface area (Å²) in [6, 6.07) is 0. The quantitative estimate of drug-likeness (QED) is 0.512. The van der Waals surface area contributed by atoms with Crippen LogP contribution in [0.4, 0.5) is 0 Å². The normalized spacial score (nSPS) is 17.9. The summed E-state index contributed by atoms with van der Waals surface area (Å²) in [5.74, 6) is 0.104. The molecule has 1 aliphatic heterocycles. The maximum atomic E-state index is 10.8. The van der Waals surface area contributed by atoms with Gasteiger partial charge in [-0.05, 0) is 13.3 Å². The predicted octanol–water partition coefficient (Wildman–Crippen LogP) is 1.14. The van der Waals surface area contributed by atoms with Crippen LogP contribution in [0.1, 0.15) is 12.8 Å². The number of nitrogens with zero attached hydrogens (tertiary/aromatic N) is 1. The zero-order valence-corrected chi connectivity index (χ0v) is 5.13. The fraction of sp³-hybridized carbons (Fsp3) is 0.286. The van der Waals surface area contributed by atoms with Crippen molar-refractivity contribution in [1.82, 2.24) is 0 Å². The third kappa shape index (κ3) is 1.25. The largest absolute Gasteiger partial charge is 0.292 e. The van der Waals surface area contributed by atoms with E-state index in [1.165, 1.54) is 0 Å². The minimum absolute atomic E-state index is 0.104. The Morgan fingerprint density at radius 2 is 2.56 bits per heavy atom. The molecule has 0 aliphatic carbocycles. The van der Waals surface area contributed by atoms with Gasteiger partial charge in [0, 0.05) is 12.6 Å². The SMILES string of the molecule is [CH2]CC1=NC=CCC1=O. The molecule has 0 unspecified atom stereocenters. The van der Waals surface area contributed by atoms with Gasteiger partial charge in [-0.25, -0.2) is 0 Å². The molecule has 1 aliphatic rings. The molecule has 47 valence electrons. The molecule has 2 nitrogen and oxygen atoms in total. The van der Waals surface area contributed by atoms with Gasteiger partial charge in [0.25, 0.3) is 0 Å². The average Bonchev–Trinajstić information content (AvgIpc) is 1.89. The zero-order valence-electron chi connectivity index (χ0n) is 5.13. The number of rotatable bonds is 1. The summed E-state index contributed by atoms with van der Waals surface area (Å²) in [6.07, 6.45) is 4.40. The van der Waals surface area contributed by atoms with E-state index in [0.717, 1.165) is 0 Å². The molecular weight excluding hydrogens is 114 g/mol. The standard InChI is InChI=1S/C7H8NO/c1-2-6-7(9)4-3-5-8-6/h3,5H,1-2,4H2. The van der Waals surface area contributed by atoms with E-state index in [0.29, 0.717) is 18.6 Å². The van der Waals surface area contributed by atoms with Crippen molar-refractivity contribution in [3.8, 4) is 0 Å². The summed E-state index contributed by atoms with van der Waals surface area (Å²) in [4.78, 5) is 14.7. The first-order valence-electron chi connectivity index (χ1n) is 2.88. The van der Waals surface area contributed by atoms with Crippen molar-refractivity contribution in [3.63, 3.8) is 0 Å². The molecule has 0 aromatic carbocycles. The smallest absolute Gasteiger partial charge is 0.180 e. The Hall–Kier alpha value is -0.920. The van der Waals surface area contributed by atoms with E-state index in [-0.39, 0.29) is 5.78 Å². The maximum Gasteiger partial charge on any atom is 0.180 e. The highest BCUT2D eigenvalue weighted by Crippen LogP contribution is 2.00. The van der Waals surface area contributed by atoms with E-state index >= 15 is 0 Å². The van der Waals surface area contributed by atoms with Gasteiger partial charge in [-0.15, -0.1) is 0 Å². The van der Waals surface area contributed by atoms with Crippen LogP contribution in [-0.4, -0.2) is 11.5 Å². The highest BCUT2D eigenvalue weighted by molar-refractivity contribution is 6.40. The molecule has 0 bridgehead atoms. The van der Waals surface area contributed by atoms with Gasteiger partial charge in [-0.2, -0.15) is 0 Å². The molecule has 0 fully saturated rings. The van der Waals surface area contributed by atoms with Crippen LogP contribution in [0.2, 0.25) is 0 Å². The van der Waals surface area contributed by atoms with Crippen molar-refractivity contribution in [3.05, 3.63) is 19.2 Å². The van der Waals surface area contributed by atoms with Crippen molar-refractivity contribution in [2.75, 3.05) is 0 Å². The van der Waals surface area contributed by atoms with Crippen LogP contribution >= 0.6 is 0 Å². The number of carbonyl (C=O) groups is 1. The maximum absolute atomic E-state index is 10.8. The van der Waals surface area contributed by atoms with Gasteiger partial charge < -0.3 is 0 Å². The second-order valence-electron chi connectivity index (χ2n) is 1.84. The van der Waals surface area contributed by atoms with Gasteiger partial charge in [0.15, 0.2) is 5.78 Å². The number of Topliss-reactive ketones (excluding diaryl/α,β-unsaturated/α-hetero) is 1. The molecule has 0 amide bonds. The lowest BCUT2D eigenvalue weighted by atomic mass is 10.1. The summed E-state index contributed by atoms with van der Waals surface area (Å²) in [6.45, 7) is 3.57. The third-order valence-corrected chi connectivity index (χ3v) is 1.20. The molecule has 0 aromatic rings. The topological polar surface area (TPSA) is 29.4 Å². The molecule has 2 heteroatoms. The Morgan fingerprint density at radius 1 is 1.78 bits per heavy atom. The van der Waals surface area contributed by atoms with Crippen LogP contribution < -0.4 is 0 Å². The molecular formula is C7H8NO. The van der Waals surface area contributed by atoms with E-state index in [2.05, 4.69) is 11.9 Å². The van der Waals surface area contributed by atoms with Crippen molar-refractivity contribution in [1.29, 1.82) is 0 Å². The number of allylic oxidation sites excluding steroid dienone is 1. The third-order valence-electron chi connectivity index (χ3n) is 1.20. The van der Waals surface area contributed by atoms with Crippen LogP contribution in [0.5, 0.6) is 0 Å². The lowest BCUT2D eigenvalue weighted by Crippen LogP contribution is -2.13. The molecule has 1 radical (unpaired) electrons. The van der Waals surface area contributed by atoms with Crippen LogP contribution in [0.25, 0.3) is 0 Å². The molecule has 0 saturated carbocycles. The summed E-state index contributed by atoms with van der Waals surface area (Å²) >= 11 is 0. The van der Waals surface area contributed by atoms with Crippen LogP contribution in [0, 0.1) is 6.92 Å². The van der Waals surface area contributed by atoms with Crippen LogP contribution in [0.15, 0.2) is 17.3 Å². The van der Waals surface area contributed by atoms with Gasteiger partial charge in [0.05, 0.1) is 5.71 Å². The van der Waals surface area contributed by atoms with Gasteiger partial charge in [-0.1, -0.05) is 6.08 Å². The first kappa shape index (κ1) is 6.20. The molecule has 0 spiro atoms. The number of carbonyl (C=O) groups excluding carboxylic acids is 1. The Labute approximate surface area is 54.3 Å². The molecule has 0 N–H and O–H groups in total. The number of ketones is 1. The van der Waals surface area contributed by atoms with E-state index in [9.17, 15) is 4.79 Å². The lowest BCUT2D eigenvalue weighted by Gasteiger charge is -2.01. The minimum atomic E-state index is 0.104. The van der Waals surface area contributed by atoms with E-state index in [1.807, 2.05) is 0 Å². The van der Waals surface area contributed by atoms with E-state index < -0.39 is 0 Å². The van der Waals surface area contributed by atoms with Crippen molar-refractivity contribution in [2.24, 2.45) is 4.99 Å². The predicted molar refractivity (Wildman–Crippen MR) is 36.2 cm³/mol. The van der Waals surface area contributed by atoms with Crippen LogP contribution in [0.3, 0.4) is 0 Å². The first-order chi connectivity index (χ1) is 4.34. The van der Waals surface area contributed by atoms with E-state index in [4.69, 9.17) is 0 Å². The zero-order chi connectivity index (χ0) is 6.69. The lowest BCUT2D eigenvalue weighted by molar-refractivity contribution is -0.112. The second-order valence-corrected chi connectivity index (χ2v) is 1.84. The highest BCUT2D eigenvalue weighted by atomic mass is 16.1. The van der Waals surface area contributed by atoms with Gasteiger partial charge in [-0.3, -0.25) is 9.79 Å². The summed E-state index contributed by atoms with van der Waals surface area (Å²) in [7, 11) is 0. The number of hydrogen-bond acceptors (Lipinski definition) is 2. The highest BCUT2D eigenvalue weighted by Gasteiger charge is 2.08. The van der Waals surface area contributed by atoms with Crippen LogP contribution in [-0.2, 0) is 4.79 Å². The van der Waals surface area contributed by atoms with E-state index in [1.54, 1.807) is 12.3 Å². The van der Waals surface area contributed by atoms with Gasteiger partial charge in [0.1, 0.15) is 0 Å². The molecule has 9 heavy (non-hydrogen) atoms. The Morgan fingerprint density at radius 3 is 3.00 bits per heavy atom. The summed E-state index contributed by atoms with van der Waals surface area (Å²) in [5.41, 5.74) is 0.595. The Balaban J connectivity index is 2.74. The molecule has 0 atom stereocenters. The summed E-state index contributed by atoms with van der Waals surface area (Å²) in [5, 5.41) is 0. The molecule has 0 saturated heterocycles. The fourth-order valence-electron chi connectivity index (χ4n) is 0.696. The molecule has 1 rings (SSSR count). The number of aliphatic imine (C=N–C) groups is 1. The van der Waals surface area contributed by atoms with Crippen molar-refractivity contribution < 1.29 is 4.79 Å². The molecule has 1 heterocycles. The second kappa shape index (κ2) is 2.58. The Kier molecular flexibility index (Phi) is 1.78. The summed E-state index contributed by atoms with van der Waals surface area (Å²) < 4.78 is 0. The monoisotopic (exact) mass is 122 g/mol.